The summed E-state index contributed by atoms with van der Waals surface area (Å²) in [5.74, 6) is -0.525. The molecule has 1 saturated carbocycles. The van der Waals surface area contributed by atoms with E-state index in [0.717, 1.165) is 18.4 Å². The van der Waals surface area contributed by atoms with E-state index in [1.54, 1.807) is 19.1 Å². The highest BCUT2D eigenvalue weighted by molar-refractivity contribution is 7.89. The van der Waals surface area contributed by atoms with Crippen molar-refractivity contribution in [1.82, 2.24) is 4.72 Å². The van der Waals surface area contributed by atoms with Crippen LogP contribution in [0.3, 0.4) is 0 Å². The van der Waals surface area contributed by atoms with Gasteiger partial charge in [-0.25, -0.2) is 17.9 Å². The lowest BCUT2D eigenvalue weighted by molar-refractivity contribution is 0.0526. The second-order valence-electron chi connectivity index (χ2n) is 6.22. The Kier molecular flexibility index (Phi) is 4.92. The number of rotatable bonds is 7. The van der Waals surface area contributed by atoms with E-state index in [9.17, 15) is 13.2 Å². The fourth-order valence-electron chi connectivity index (χ4n) is 2.83. The molecule has 1 aliphatic carbocycles. The van der Waals surface area contributed by atoms with Crippen molar-refractivity contribution < 1.29 is 17.9 Å². The van der Waals surface area contributed by atoms with Crippen LogP contribution in [0.2, 0.25) is 0 Å². The molecule has 0 saturated heterocycles. The Hall–Kier alpha value is -2.18. The Labute approximate surface area is 148 Å². The van der Waals surface area contributed by atoms with E-state index < -0.39 is 16.0 Å². The molecule has 6 heteroatoms. The summed E-state index contributed by atoms with van der Waals surface area (Å²) >= 11 is 0. The minimum absolute atomic E-state index is 0.0712. The van der Waals surface area contributed by atoms with E-state index in [-0.39, 0.29) is 22.5 Å². The van der Waals surface area contributed by atoms with Crippen molar-refractivity contribution in [3.05, 3.63) is 65.7 Å². The maximum absolute atomic E-state index is 12.6. The first kappa shape index (κ1) is 17.6. The van der Waals surface area contributed by atoms with Crippen LogP contribution in [0.5, 0.6) is 0 Å². The second kappa shape index (κ2) is 6.98. The number of ether oxygens (including phenoxy) is 1. The van der Waals surface area contributed by atoms with E-state index >= 15 is 0 Å². The van der Waals surface area contributed by atoms with Crippen LogP contribution >= 0.6 is 0 Å². The number of hydrogen-bond acceptors (Lipinski definition) is 4. The molecule has 1 N–H and O–H groups in total. The van der Waals surface area contributed by atoms with Gasteiger partial charge in [0.15, 0.2) is 0 Å². The van der Waals surface area contributed by atoms with Gasteiger partial charge in [0.05, 0.1) is 17.1 Å². The highest BCUT2D eigenvalue weighted by atomic mass is 32.2. The molecule has 0 aliphatic heterocycles. The fraction of sp³-hybridized carbons (Fsp3) is 0.316. The number of carbonyl (C=O) groups is 1. The molecule has 0 aromatic heterocycles. The molecule has 0 spiro atoms. The first-order chi connectivity index (χ1) is 12.0. The SMILES string of the molecule is CCOC(=O)c1cccc(S(=O)(=O)NCC2(c3ccccc3)CC2)c1. The summed E-state index contributed by atoms with van der Waals surface area (Å²) in [5.41, 5.74) is 1.26. The zero-order valence-corrected chi connectivity index (χ0v) is 14.9. The van der Waals surface area contributed by atoms with Gasteiger partial charge < -0.3 is 4.74 Å². The normalized spacial score (nSPS) is 15.6. The van der Waals surface area contributed by atoms with E-state index in [2.05, 4.69) is 4.72 Å². The molecule has 0 heterocycles. The van der Waals surface area contributed by atoms with Gasteiger partial charge in [0.1, 0.15) is 0 Å². The number of hydrogen-bond donors (Lipinski definition) is 1. The lowest BCUT2D eigenvalue weighted by Gasteiger charge is -2.17. The highest BCUT2D eigenvalue weighted by Crippen LogP contribution is 2.47. The number of benzene rings is 2. The van der Waals surface area contributed by atoms with Crippen LogP contribution in [-0.2, 0) is 20.2 Å². The van der Waals surface area contributed by atoms with Crippen LogP contribution in [0.1, 0.15) is 35.7 Å². The van der Waals surface area contributed by atoms with E-state index in [1.165, 1.54) is 12.1 Å². The Morgan fingerprint density at radius 3 is 2.48 bits per heavy atom. The molecule has 0 amide bonds. The van der Waals surface area contributed by atoms with Crippen molar-refractivity contribution in [3.8, 4) is 0 Å². The Morgan fingerprint density at radius 1 is 1.12 bits per heavy atom. The molecule has 2 aromatic rings. The lowest BCUT2D eigenvalue weighted by atomic mass is 9.96. The third kappa shape index (κ3) is 3.91. The molecule has 0 radical (unpaired) electrons. The van der Waals surface area contributed by atoms with Crippen LogP contribution in [0.4, 0.5) is 0 Å². The summed E-state index contributed by atoms with van der Waals surface area (Å²) in [7, 11) is -3.69. The van der Waals surface area contributed by atoms with Gasteiger partial charge in [0.25, 0.3) is 0 Å². The molecule has 5 nitrogen and oxygen atoms in total. The Bertz CT molecular complexity index is 858. The number of sulfonamides is 1. The first-order valence-electron chi connectivity index (χ1n) is 8.29. The van der Waals surface area contributed by atoms with Crippen LogP contribution < -0.4 is 4.72 Å². The van der Waals surface area contributed by atoms with Crippen molar-refractivity contribution in [3.63, 3.8) is 0 Å². The monoisotopic (exact) mass is 359 g/mol. The summed E-state index contributed by atoms with van der Waals surface area (Å²) in [5, 5.41) is 0. The van der Waals surface area contributed by atoms with Gasteiger partial charge in [0.2, 0.25) is 10.0 Å². The Balaban J connectivity index is 1.75. The molecular weight excluding hydrogens is 338 g/mol. The van der Waals surface area contributed by atoms with Crippen molar-refractivity contribution in [2.24, 2.45) is 0 Å². The average Bonchev–Trinajstić information content (AvgIpc) is 3.43. The Morgan fingerprint density at radius 2 is 1.84 bits per heavy atom. The summed E-state index contributed by atoms with van der Waals surface area (Å²) < 4.78 is 32.8. The molecule has 2 aromatic carbocycles. The summed E-state index contributed by atoms with van der Waals surface area (Å²) in [4.78, 5) is 11.9. The van der Waals surface area contributed by atoms with Crippen LogP contribution in [-0.4, -0.2) is 27.5 Å². The number of esters is 1. The zero-order valence-electron chi connectivity index (χ0n) is 14.1. The van der Waals surface area contributed by atoms with Crippen LogP contribution in [0.25, 0.3) is 0 Å². The van der Waals surface area contributed by atoms with Gasteiger partial charge in [0, 0.05) is 12.0 Å². The molecule has 0 unspecified atom stereocenters. The topological polar surface area (TPSA) is 72.5 Å². The van der Waals surface area contributed by atoms with E-state index in [0.29, 0.717) is 6.54 Å². The molecule has 1 aliphatic rings. The summed E-state index contributed by atoms with van der Waals surface area (Å²) in [6, 6.07) is 15.9. The molecule has 1 fully saturated rings. The summed E-state index contributed by atoms with van der Waals surface area (Å²) in [6.07, 6.45) is 1.92. The third-order valence-electron chi connectivity index (χ3n) is 4.50. The van der Waals surface area contributed by atoms with Crippen molar-refractivity contribution in [2.45, 2.75) is 30.1 Å². The smallest absolute Gasteiger partial charge is 0.338 e. The fourth-order valence-corrected chi connectivity index (χ4v) is 4.00. The lowest BCUT2D eigenvalue weighted by Crippen LogP contribution is -2.32. The molecular formula is C19H21NO4S. The predicted molar refractivity (Wildman–Crippen MR) is 94.9 cm³/mol. The number of nitrogens with one attached hydrogen (secondary N) is 1. The number of carbonyl (C=O) groups excluding carboxylic acids is 1. The largest absolute Gasteiger partial charge is 0.462 e. The average molecular weight is 359 g/mol. The van der Waals surface area contributed by atoms with Gasteiger partial charge >= 0.3 is 5.97 Å². The quantitative estimate of drug-likeness (QED) is 0.772. The predicted octanol–water partition coefficient (Wildman–Crippen LogP) is 2.87. The van der Waals surface area contributed by atoms with Crippen LogP contribution in [0.15, 0.2) is 59.5 Å². The van der Waals surface area contributed by atoms with E-state index in [4.69, 9.17) is 4.74 Å². The zero-order chi connectivity index (χ0) is 17.9. The first-order valence-corrected chi connectivity index (χ1v) is 9.78. The van der Waals surface area contributed by atoms with Gasteiger partial charge in [-0.1, -0.05) is 36.4 Å². The maximum Gasteiger partial charge on any atom is 0.338 e. The molecule has 132 valence electrons. The summed E-state index contributed by atoms with van der Waals surface area (Å²) in [6.45, 7) is 2.30. The van der Waals surface area contributed by atoms with Gasteiger partial charge in [-0.2, -0.15) is 0 Å². The standard InChI is InChI=1S/C19H21NO4S/c1-2-24-18(21)15-7-6-10-17(13-15)25(22,23)20-14-19(11-12-19)16-8-4-3-5-9-16/h3-10,13,20H,2,11-12,14H2,1H3. The minimum Gasteiger partial charge on any atom is -0.462 e. The van der Waals surface area contributed by atoms with Crippen LogP contribution in [0, 0.1) is 0 Å². The molecule has 0 atom stereocenters. The second-order valence-corrected chi connectivity index (χ2v) is 7.99. The molecule has 3 rings (SSSR count). The van der Waals surface area contributed by atoms with Crippen molar-refractivity contribution in [2.75, 3.05) is 13.2 Å². The molecule has 25 heavy (non-hydrogen) atoms. The minimum atomic E-state index is -3.69. The molecule has 0 bridgehead atoms. The van der Waals surface area contributed by atoms with Crippen molar-refractivity contribution in [1.29, 1.82) is 0 Å². The highest BCUT2D eigenvalue weighted by Gasteiger charge is 2.44. The van der Waals surface area contributed by atoms with Gasteiger partial charge in [-0.15, -0.1) is 0 Å². The third-order valence-corrected chi connectivity index (χ3v) is 5.89. The maximum atomic E-state index is 12.6. The van der Waals surface area contributed by atoms with Gasteiger partial charge in [-0.3, -0.25) is 0 Å². The van der Waals surface area contributed by atoms with E-state index in [1.807, 2.05) is 30.3 Å². The van der Waals surface area contributed by atoms with Gasteiger partial charge in [-0.05, 0) is 43.5 Å². The van der Waals surface area contributed by atoms with Crippen molar-refractivity contribution >= 4 is 16.0 Å².